The van der Waals surface area contributed by atoms with Crippen molar-refractivity contribution in [2.75, 3.05) is 0 Å². The molecule has 136 valence electrons. The third kappa shape index (κ3) is 5.67. The molecule has 7 nitrogen and oxygen atoms in total. The molecule has 1 fully saturated rings. The monoisotopic (exact) mass is 364 g/mol. The molecule has 1 saturated carbocycles. The standard InChI is InChI=1S/C17H24N4O3S/c1-11-4-3-5-15(12(11)2)18-17(25)20-19-16(22)10-13-6-8-14(9-7-13)21(23)24/h6-9,11-12,15H,3-5,10H2,1-2H3,(H,19,22)(H2,18,20,25)/t11-,12-,15-/m1/s1. The first-order valence-corrected chi connectivity index (χ1v) is 8.86. The van der Waals surface area contributed by atoms with Crippen LogP contribution >= 0.6 is 12.2 Å². The van der Waals surface area contributed by atoms with Gasteiger partial charge in [-0.05, 0) is 36.0 Å². The second-order valence-corrected chi connectivity index (χ2v) is 7.03. The Balaban J connectivity index is 1.75. The van der Waals surface area contributed by atoms with Crippen molar-refractivity contribution in [3.63, 3.8) is 0 Å². The minimum Gasteiger partial charge on any atom is -0.358 e. The summed E-state index contributed by atoms with van der Waals surface area (Å²) in [4.78, 5) is 22.1. The highest BCUT2D eigenvalue weighted by atomic mass is 32.1. The van der Waals surface area contributed by atoms with E-state index in [0.29, 0.717) is 28.6 Å². The average molecular weight is 364 g/mol. The van der Waals surface area contributed by atoms with E-state index in [4.69, 9.17) is 12.2 Å². The molecule has 0 unspecified atom stereocenters. The first-order valence-electron chi connectivity index (χ1n) is 8.45. The fourth-order valence-electron chi connectivity index (χ4n) is 3.08. The molecule has 0 aliphatic heterocycles. The first kappa shape index (κ1) is 19.1. The van der Waals surface area contributed by atoms with Gasteiger partial charge in [-0.3, -0.25) is 25.8 Å². The van der Waals surface area contributed by atoms with Gasteiger partial charge in [0.05, 0.1) is 11.3 Å². The topological polar surface area (TPSA) is 96.3 Å². The lowest BCUT2D eigenvalue weighted by atomic mass is 9.78. The van der Waals surface area contributed by atoms with Crippen LogP contribution in [0.25, 0.3) is 0 Å². The maximum atomic E-state index is 11.9. The summed E-state index contributed by atoms with van der Waals surface area (Å²) in [5, 5.41) is 14.3. The van der Waals surface area contributed by atoms with Crippen molar-refractivity contribution >= 4 is 28.9 Å². The van der Waals surface area contributed by atoms with Crippen LogP contribution < -0.4 is 16.2 Å². The Morgan fingerprint density at radius 3 is 2.56 bits per heavy atom. The molecule has 1 aromatic carbocycles. The number of nitrogens with one attached hydrogen (secondary N) is 3. The van der Waals surface area contributed by atoms with Crippen molar-refractivity contribution in [3.05, 3.63) is 39.9 Å². The number of non-ortho nitro benzene ring substituents is 1. The Labute approximate surface area is 152 Å². The zero-order valence-corrected chi connectivity index (χ0v) is 15.3. The maximum absolute atomic E-state index is 11.9. The lowest BCUT2D eigenvalue weighted by molar-refractivity contribution is -0.384. The lowest BCUT2D eigenvalue weighted by Gasteiger charge is -2.35. The van der Waals surface area contributed by atoms with Gasteiger partial charge >= 0.3 is 0 Å². The molecule has 0 bridgehead atoms. The number of benzene rings is 1. The van der Waals surface area contributed by atoms with Crippen molar-refractivity contribution < 1.29 is 9.72 Å². The second kappa shape index (κ2) is 8.75. The Morgan fingerprint density at radius 1 is 1.24 bits per heavy atom. The number of hydrazine groups is 1. The Kier molecular flexibility index (Phi) is 6.69. The molecule has 0 saturated heterocycles. The molecular formula is C17H24N4O3S. The zero-order valence-electron chi connectivity index (χ0n) is 14.5. The van der Waals surface area contributed by atoms with Crippen LogP contribution in [0.2, 0.25) is 0 Å². The van der Waals surface area contributed by atoms with E-state index in [9.17, 15) is 14.9 Å². The summed E-state index contributed by atoms with van der Waals surface area (Å²) in [6.45, 7) is 4.47. The molecule has 3 N–H and O–H groups in total. The third-order valence-corrected chi connectivity index (χ3v) is 5.07. The summed E-state index contributed by atoms with van der Waals surface area (Å²) in [6.07, 6.45) is 3.61. The van der Waals surface area contributed by atoms with Gasteiger partial charge in [-0.2, -0.15) is 0 Å². The van der Waals surface area contributed by atoms with Gasteiger partial charge in [0.15, 0.2) is 5.11 Å². The molecule has 1 aromatic rings. The van der Waals surface area contributed by atoms with Crippen LogP contribution in [0.15, 0.2) is 24.3 Å². The Bertz CT molecular complexity index is 635. The summed E-state index contributed by atoms with van der Waals surface area (Å²) >= 11 is 5.24. The molecular weight excluding hydrogens is 340 g/mol. The predicted molar refractivity (Wildman–Crippen MR) is 99.8 cm³/mol. The van der Waals surface area contributed by atoms with Crippen molar-refractivity contribution in [2.24, 2.45) is 11.8 Å². The predicted octanol–water partition coefficient (Wildman–Crippen LogP) is 2.46. The van der Waals surface area contributed by atoms with E-state index in [1.54, 1.807) is 12.1 Å². The number of carbonyl (C=O) groups is 1. The van der Waals surface area contributed by atoms with Gasteiger partial charge in [0.1, 0.15) is 0 Å². The van der Waals surface area contributed by atoms with Crippen LogP contribution in [0.4, 0.5) is 5.69 Å². The van der Waals surface area contributed by atoms with Crippen LogP contribution in [-0.2, 0) is 11.2 Å². The smallest absolute Gasteiger partial charge is 0.269 e. The number of nitro benzene ring substituents is 1. The number of hydrogen-bond acceptors (Lipinski definition) is 4. The third-order valence-electron chi connectivity index (χ3n) is 4.85. The largest absolute Gasteiger partial charge is 0.358 e. The van der Waals surface area contributed by atoms with E-state index in [0.717, 1.165) is 6.42 Å². The Morgan fingerprint density at radius 2 is 1.92 bits per heavy atom. The molecule has 3 atom stereocenters. The van der Waals surface area contributed by atoms with Gasteiger partial charge < -0.3 is 5.32 Å². The number of hydrogen-bond donors (Lipinski definition) is 3. The summed E-state index contributed by atoms with van der Waals surface area (Å²) in [5.41, 5.74) is 5.98. The summed E-state index contributed by atoms with van der Waals surface area (Å²) in [5.74, 6) is 0.929. The van der Waals surface area contributed by atoms with Crippen molar-refractivity contribution in [1.82, 2.24) is 16.2 Å². The molecule has 0 aromatic heterocycles. The fourth-order valence-corrected chi connectivity index (χ4v) is 3.28. The van der Waals surface area contributed by atoms with Gasteiger partial charge in [-0.25, -0.2) is 0 Å². The number of rotatable bonds is 4. The van der Waals surface area contributed by atoms with E-state index in [2.05, 4.69) is 30.0 Å². The van der Waals surface area contributed by atoms with Gasteiger partial charge in [-0.1, -0.05) is 38.8 Å². The molecule has 0 heterocycles. The van der Waals surface area contributed by atoms with E-state index in [1.165, 1.54) is 25.0 Å². The van der Waals surface area contributed by atoms with Crippen molar-refractivity contribution in [3.8, 4) is 0 Å². The number of amides is 1. The first-order chi connectivity index (χ1) is 11.9. The quantitative estimate of drug-likeness (QED) is 0.431. The molecule has 0 spiro atoms. The molecule has 1 amide bonds. The molecule has 2 rings (SSSR count). The second-order valence-electron chi connectivity index (χ2n) is 6.62. The molecule has 8 heteroatoms. The van der Waals surface area contributed by atoms with E-state index >= 15 is 0 Å². The van der Waals surface area contributed by atoms with E-state index in [1.807, 2.05) is 0 Å². The molecule has 1 aliphatic carbocycles. The van der Waals surface area contributed by atoms with Gasteiger partial charge in [0, 0.05) is 18.2 Å². The van der Waals surface area contributed by atoms with Crippen LogP contribution in [0, 0.1) is 22.0 Å². The highest BCUT2D eigenvalue weighted by Crippen LogP contribution is 2.29. The SMILES string of the molecule is C[C@@H]1[C@H](C)CCC[C@H]1NC(=S)NNC(=O)Cc1ccc([N+](=O)[O-])cc1. The zero-order chi connectivity index (χ0) is 18.4. The van der Waals surface area contributed by atoms with Crippen molar-refractivity contribution in [2.45, 2.75) is 45.6 Å². The highest BCUT2D eigenvalue weighted by Gasteiger charge is 2.27. The fraction of sp³-hybridized carbons (Fsp3) is 0.529. The number of nitro groups is 1. The van der Waals surface area contributed by atoms with Crippen LogP contribution in [0.5, 0.6) is 0 Å². The van der Waals surface area contributed by atoms with Crippen LogP contribution in [0.1, 0.15) is 38.7 Å². The molecule has 0 radical (unpaired) electrons. The van der Waals surface area contributed by atoms with Gasteiger partial charge in [0.25, 0.3) is 5.69 Å². The minimum absolute atomic E-state index is 0.00323. The average Bonchev–Trinajstić information content (AvgIpc) is 2.58. The van der Waals surface area contributed by atoms with Crippen molar-refractivity contribution in [1.29, 1.82) is 0 Å². The molecule has 1 aliphatic rings. The lowest BCUT2D eigenvalue weighted by Crippen LogP contribution is -2.52. The Hall–Kier alpha value is -2.22. The summed E-state index contributed by atoms with van der Waals surface area (Å²) in [7, 11) is 0. The summed E-state index contributed by atoms with van der Waals surface area (Å²) in [6, 6.07) is 6.22. The summed E-state index contributed by atoms with van der Waals surface area (Å²) < 4.78 is 0. The molecule has 25 heavy (non-hydrogen) atoms. The van der Waals surface area contributed by atoms with E-state index < -0.39 is 4.92 Å². The number of thiocarbonyl (C=S) groups is 1. The minimum atomic E-state index is -0.470. The van der Waals surface area contributed by atoms with Gasteiger partial charge in [-0.15, -0.1) is 0 Å². The maximum Gasteiger partial charge on any atom is 0.269 e. The number of carbonyl (C=O) groups excluding carboxylic acids is 1. The normalized spacial score (nSPS) is 22.7. The van der Waals surface area contributed by atoms with Crippen LogP contribution in [-0.4, -0.2) is 22.0 Å². The van der Waals surface area contributed by atoms with Gasteiger partial charge in [0.2, 0.25) is 5.91 Å². The van der Waals surface area contributed by atoms with Crippen LogP contribution in [0.3, 0.4) is 0 Å². The van der Waals surface area contributed by atoms with E-state index in [-0.39, 0.29) is 18.0 Å². The number of nitrogens with zero attached hydrogens (tertiary/aromatic N) is 1. The highest BCUT2D eigenvalue weighted by molar-refractivity contribution is 7.80.